The fourth-order valence-corrected chi connectivity index (χ4v) is 0.564. The third kappa shape index (κ3) is 1.40. The van der Waals surface area contributed by atoms with Gasteiger partial charge in [0.05, 0.1) is 0 Å². The van der Waals surface area contributed by atoms with Gasteiger partial charge in [-0.25, -0.2) is 0 Å². The molecule has 0 N–H and O–H groups in total. The Kier molecular flexibility index (Phi) is 1.78. The van der Waals surface area contributed by atoms with Gasteiger partial charge in [0.25, 0.3) is 0 Å². The van der Waals surface area contributed by atoms with Gasteiger partial charge in [0.15, 0.2) is 0 Å². The molecule has 10 heavy (non-hydrogen) atoms. The molecule has 1 aromatic rings. The van der Waals surface area contributed by atoms with Gasteiger partial charge < -0.3 is 5.11 Å². The molecular formula is C6H4N3O-. The smallest absolute Gasteiger partial charge is 0.0374 e. The van der Waals surface area contributed by atoms with Crippen LogP contribution in [-0.2, 0) is 0 Å². The molecule has 0 bridgehead atoms. The van der Waals surface area contributed by atoms with Gasteiger partial charge in [0.1, 0.15) is 0 Å². The third-order valence-corrected chi connectivity index (χ3v) is 0.997. The molecule has 0 aromatic heterocycles. The number of rotatable bonds is 1. The zero-order chi connectivity index (χ0) is 7.40. The number of hydrogen-bond donors (Lipinski definition) is 0. The fraction of sp³-hybridized carbons (Fsp3) is 0. The maximum atomic E-state index is 10.5. The van der Waals surface area contributed by atoms with Gasteiger partial charge in [-0.15, -0.1) is 5.75 Å². The lowest BCUT2D eigenvalue weighted by Crippen LogP contribution is -1.85. The van der Waals surface area contributed by atoms with Gasteiger partial charge in [-0.3, -0.25) is 0 Å². The molecule has 0 atom stereocenters. The van der Waals surface area contributed by atoms with E-state index in [2.05, 4.69) is 10.0 Å². The van der Waals surface area contributed by atoms with Crippen LogP contribution in [0.5, 0.6) is 5.75 Å². The van der Waals surface area contributed by atoms with Crippen LogP contribution in [0.2, 0.25) is 0 Å². The average molecular weight is 134 g/mol. The predicted octanol–water partition coefficient (Wildman–Crippen LogP) is 1.70. The highest BCUT2D eigenvalue weighted by Gasteiger charge is 1.81. The molecule has 0 fully saturated rings. The van der Waals surface area contributed by atoms with Crippen molar-refractivity contribution in [3.05, 3.63) is 34.7 Å². The van der Waals surface area contributed by atoms with Crippen molar-refractivity contribution in [2.75, 3.05) is 0 Å². The first kappa shape index (κ1) is 6.45. The second-order valence-corrected chi connectivity index (χ2v) is 1.68. The second kappa shape index (κ2) is 2.75. The summed E-state index contributed by atoms with van der Waals surface area (Å²) in [6, 6.07) is 5.65. The minimum absolute atomic E-state index is 0.0862. The molecule has 4 heteroatoms. The highest BCUT2D eigenvalue weighted by molar-refractivity contribution is 5.39. The van der Waals surface area contributed by atoms with E-state index in [1.54, 1.807) is 0 Å². The van der Waals surface area contributed by atoms with Crippen LogP contribution < -0.4 is 5.11 Å². The minimum Gasteiger partial charge on any atom is -0.872 e. The lowest BCUT2D eigenvalue weighted by atomic mass is 10.3. The molecule has 0 heterocycles. The molecule has 0 aliphatic carbocycles. The topological polar surface area (TPSA) is 71.8 Å². The Morgan fingerprint density at radius 2 is 1.90 bits per heavy atom. The Morgan fingerprint density at radius 3 is 2.40 bits per heavy atom. The van der Waals surface area contributed by atoms with E-state index in [4.69, 9.17) is 5.53 Å². The van der Waals surface area contributed by atoms with E-state index in [1.165, 1.54) is 24.3 Å². The Morgan fingerprint density at radius 1 is 1.30 bits per heavy atom. The lowest BCUT2D eigenvalue weighted by molar-refractivity contribution is -0.268. The summed E-state index contributed by atoms with van der Waals surface area (Å²) in [5, 5.41) is 13.8. The standard InChI is InChI=1S/C6H5N3O/c7-9-8-5-1-3-6(10)4-2-5/h1-4,10H/p-1. The Labute approximate surface area is 57.4 Å². The Hall–Kier alpha value is -1.67. The van der Waals surface area contributed by atoms with Crippen LogP contribution >= 0.6 is 0 Å². The van der Waals surface area contributed by atoms with Crippen molar-refractivity contribution in [3.8, 4) is 5.75 Å². The Bertz CT molecular complexity index is 261. The zero-order valence-corrected chi connectivity index (χ0v) is 5.06. The third-order valence-electron chi connectivity index (χ3n) is 0.997. The van der Waals surface area contributed by atoms with E-state index in [0.717, 1.165) is 0 Å². The summed E-state index contributed by atoms with van der Waals surface area (Å²) in [5.41, 5.74) is 8.43. The molecule has 0 aliphatic rings. The highest BCUT2D eigenvalue weighted by atomic mass is 16.3. The SMILES string of the molecule is [N-]=[N+]=Nc1ccc([O-])cc1. The van der Waals surface area contributed by atoms with Crippen molar-refractivity contribution in [1.82, 2.24) is 0 Å². The van der Waals surface area contributed by atoms with Crippen LogP contribution in [0, 0.1) is 0 Å². The largest absolute Gasteiger partial charge is 0.872 e. The molecule has 0 aliphatic heterocycles. The molecule has 0 radical (unpaired) electrons. The number of hydrogen-bond acceptors (Lipinski definition) is 2. The van der Waals surface area contributed by atoms with Crippen molar-refractivity contribution in [2.45, 2.75) is 0 Å². The van der Waals surface area contributed by atoms with Crippen molar-refractivity contribution in [2.24, 2.45) is 5.11 Å². The molecular weight excluding hydrogens is 130 g/mol. The van der Waals surface area contributed by atoms with E-state index in [0.29, 0.717) is 5.69 Å². The van der Waals surface area contributed by atoms with Gasteiger partial charge in [0, 0.05) is 10.6 Å². The van der Waals surface area contributed by atoms with Crippen LogP contribution in [0.1, 0.15) is 0 Å². The van der Waals surface area contributed by atoms with Crippen molar-refractivity contribution < 1.29 is 5.11 Å². The van der Waals surface area contributed by atoms with Crippen molar-refractivity contribution in [3.63, 3.8) is 0 Å². The van der Waals surface area contributed by atoms with Gasteiger partial charge in [0.2, 0.25) is 0 Å². The van der Waals surface area contributed by atoms with Gasteiger partial charge in [-0.2, -0.15) is 0 Å². The second-order valence-electron chi connectivity index (χ2n) is 1.68. The molecule has 0 saturated heterocycles. The van der Waals surface area contributed by atoms with Gasteiger partial charge in [-0.1, -0.05) is 29.4 Å². The van der Waals surface area contributed by atoms with Crippen LogP contribution in [-0.4, -0.2) is 0 Å². The average Bonchev–Trinajstić information content (AvgIpc) is 1.95. The van der Waals surface area contributed by atoms with Gasteiger partial charge in [-0.05, 0) is 5.53 Å². The summed E-state index contributed by atoms with van der Waals surface area (Å²) in [4.78, 5) is 2.56. The first-order valence-electron chi connectivity index (χ1n) is 2.65. The summed E-state index contributed by atoms with van der Waals surface area (Å²) >= 11 is 0. The summed E-state index contributed by atoms with van der Waals surface area (Å²) in [6.45, 7) is 0. The van der Waals surface area contributed by atoms with E-state index in [9.17, 15) is 5.11 Å². The van der Waals surface area contributed by atoms with Crippen molar-refractivity contribution in [1.29, 1.82) is 0 Å². The molecule has 0 saturated carbocycles. The summed E-state index contributed by atoms with van der Waals surface area (Å²) in [7, 11) is 0. The summed E-state index contributed by atoms with van der Waals surface area (Å²) < 4.78 is 0. The lowest BCUT2D eigenvalue weighted by Gasteiger charge is -2.01. The first-order chi connectivity index (χ1) is 4.83. The fourth-order valence-electron chi connectivity index (χ4n) is 0.564. The maximum absolute atomic E-state index is 10.5. The van der Waals surface area contributed by atoms with E-state index < -0.39 is 0 Å². The summed E-state index contributed by atoms with van der Waals surface area (Å²) in [6.07, 6.45) is 0. The monoisotopic (exact) mass is 134 g/mol. The molecule has 0 unspecified atom stereocenters. The molecule has 4 nitrogen and oxygen atoms in total. The quantitative estimate of drug-likeness (QED) is 0.327. The highest BCUT2D eigenvalue weighted by Crippen LogP contribution is 2.14. The van der Waals surface area contributed by atoms with Crippen molar-refractivity contribution >= 4 is 5.69 Å². The number of benzene rings is 1. The molecule has 1 rings (SSSR count). The molecule has 0 spiro atoms. The predicted molar refractivity (Wildman–Crippen MR) is 34.7 cm³/mol. The van der Waals surface area contributed by atoms with E-state index in [1.807, 2.05) is 0 Å². The maximum Gasteiger partial charge on any atom is 0.0374 e. The van der Waals surface area contributed by atoms with Gasteiger partial charge >= 0.3 is 0 Å². The van der Waals surface area contributed by atoms with Crippen LogP contribution in [0.15, 0.2) is 29.4 Å². The Balaban J connectivity index is 3.00. The number of nitrogens with zero attached hydrogens (tertiary/aromatic N) is 3. The normalized spacial score (nSPS) is 8.40. The van der Waals surface area contributed by atoms with Crippen LogP contribution in [0.4, 0.5) is 5.69 Å². The van der Waals surface area contributed by atoms with E-state index >= 15 is 0 Å². The molecule has 0 amide bonds. The van der Waals surface area contributed by atoms with Crippen LogP contribution in [0.3, 0.4) is 0 Å². The molecule has 1 aromatic carbocycles. The van der Waals surface area contributed by atoms with E-state index in [-0.39, 0.29) is 5.75 Å². The zero-order valence-electron chi connectivity index (χ0n) is 5.06. The first-order valence-corrected chi connectivity index (χ1v) is 2.65. The van der Waals surface area contributed by atoms with Crippen LogP contribution in [0.25, 0.3) is 10.4 Å². The number of azide groups is 1. The summed E-state index contributed by atoms with van der Waals surface area (Å²) in [5.74, 6) is -0.0862. The minimum atomic E-state index is -0.0862. The molecule has 50 valence electrons.